The second kappa shape index (κ2) is 11.8. The SMILES string of the molecule is N#Cc1cccc(Nc2nc3ccc(CC(=O)Nc4ccc(C5CN(C(=O)c6cccs6)CC5C(=O)O)cc4)cc3o2)c1. The lowest BCUT2D eigenvalue weighted by Crippen LogP contribution is -2.29. The predicted molar refractivity (Wildman–Crippen MR) is 161 cm³/mol. The molecule has 0 aliphatic carbocycles. The van der Waals surface area contributed by atoms with Gasteiger partial charge in [0.25, 0.3) is 11.9 Å². The number of benzene rings is 3. The van der Waals surface area contributed by atoms with Gasteiger partial charge in [-0.3, -0.25) is 14.4 Å². The molecule has 0 radical (unpaired) electrons. The van der Waals surface area contributed by atoms with E-state index in [1.165, 1.54) is 11.3 Å². The summed E-state index contributed by atoms with van der Waals surface area (Å²) < 4.78 is 5.81. The summed E-state index contributed by atoms with van der Waals surface area (Å²) in [5, 5.41) is 26.7. The monoisotopic (exact) mass is 591 g/mol. The van der Waals surface area contributed by atoms with Crippen molar-refractivity contribution in [2.75, 3.05) is 23.7 Å². The standard InChI is InChI=1S/C32H25N5O5S/c33-16-20-3-1-4-23(13-20)35-32-36-26-11-6-19(14-27(26)42-32)15-29(38)34-22-9-7-21(8-10-22)24-17-37(18-25(24)31(40)41)30(39)28-5-2-12-43-28/h1-14,24-25H,15,17-18H2,(H,34,38)(H,35,36)(H,40,41). The summed E-state index contributed by atoms with van der Waals surface area (Å²) in [4.78, 5) is 44.2. The molecule has 2 atom stereocenters. The van der Waals surface area contributed by atoms with E-state index < -0.39 is 11.9 Å². The fraction of sp³-hybridized carbons (Fsp3) is 0.156. The highest BCUT2D eigenvalue weighted by Crippen LogP contribution is 2.35. The highest BCUT2D eigenvalue weighted by atomic mass is 32.1. The van der Waals surface area contributed by atoms with Crippen LogP contribution in [0.5, 0.6) is 0 Å². The first-order chi connectivity index (χ1) is 20.9. The first-order valence-corrected chi connectivity index (χ1v) is 14.4. The van der Waals surface area contributed by atoms with E-state index in [1.54, 1.807) is 77.7 Å². The Kier molecular flexibility index (Phi) is 7.59. The normalized spacial score (nSPS) is 16.1. The first-order valence-electron chi connectivity index (χ1n) is 13.5. The van der Waals surface area contributed by atoms with Crippen LogP contribution >= 0.6 is 11.3 Å². The number of hydrogen-bond acceptors (Lipinski definition) is 8. The molecule has 1 fully saturated rings. The van der Waals surface area contributed by atoms with Gasteiger partial charge in [-0.15, -0.1) is 11.3 Å². The van der Waals surface area contributed by atoms with Crippen molar-refractivity contribution >= 4 is 57.6 Å². The van der Waals surface area contributed by atoms with Crippen LogP contribution in [0.4, 0.5) is 17.4 Å². The molecule has 214 valence electrons. The summed E-state index contributed by atoms with van der Waals surface area (Å²) >= 11 is 1.34. The average molecular weight is 592 g/mol. The number of fused-ring (bicyclic) bond motifs is 1. The minimum absolute atomic E-state index is 0.106. The fourth-order valence-electron chi connectivity index (χ4n) is 5.24. The van der Waals surface area contributed by atoms with Gasteiger partial charge in [-0.25, -0.2) is 0 Å². The Morgan fingerprint density at radius 2 is 1.86 bits per heavy atom. The second-order valence-electron chi connectivity index (χ2n) is 10.2. The molecule has 3 N–H and O–H groups in total. The van der Waals surface area contributed by atoms with Crippen LogP contribution in [-0.2, 0) is 16.0 Å². The highest BCUT2D eigenvalue weighted by Gasteiger charge is 2.40. The van der Waals surface area contributed by atoms with Crippen molar-refractivity contribution in [1.82, 2.24) is 9.88 Å². The number of aromatic nitrogens is 1. The van der Waals surface area contributed by atoms with Crippen LogP contribution in [0.25, 0.3) is 11.1 Å². The molecule has 0 saturated carbocycles. The van der Waals surface area contributed by atoms with Crippen molar-refractivity contribution in [1.29, 1.82) is 5.26 Å². The number of carbonyl (C=O) groups excluding carboxylic acids is 2. The van der Waals surface area contributed by atoms with Crippen LogP contribution in [-0.4, -0.2) is 45.9 Å². The molecular weight excluding hydrogens is 566 g/mol. The van der Waals surface area contributed by atoms with E-state index in [2.05, 4.69) is 21.7 Å². The molecule has 11 heteroatoms. The molecular formula is C32H25N5O5S. The van der Waals surface area contributed by atoms with E-state index in [1.807, 2.05) is 11.4 Å². The number of amides is 2. The van der Waals surface area contributed by atoms with Gasteiger partial charge in [0.2, 0.25) is 5.91 Å². The molecule has 1 saturated heterocycles. The second-order valence-corrected chi connectivity index (χ2v) is 11.2. The van der Waals surface area contributed by atoms with Crippen molar-refractivity contribution in [2.24, 2.45) is 5.92 Å². The first kappa shape index (κ1) is 27.7. The molecule has 5 aromatic rings. The summed E-state index contributed by atoms with van der Waals surface area (Å²) in [5.74, 6) is -2.39. The molecule has 6 rings (SSSR count). The summed E-state index contributed by atoms with van der Waals surface area (Å²) in [5.41, 5.74) is 4.45. The van der Waals surface area contributed by atoms with Gasteiger partial charge in [0.1, 0.15) is 5.52 Å². The summed E-state index contributed by atoms with van der Waals surface area (Å²) in [6, 6.07) is 25.3. The zero-order valence-electron chi connectivity index (χ0n) is 22.7. The number of nitriles is 1. The number of carboxylic acids is 1. The van der Waals surface area contributed by atoms with Crippen LogP contribution in [0.1, 0.15) is 32.3 Å². The third-order valence-corrected chi connectivity index (χ3v) is 8.20. The van der Waals surface area contributed by atoms with Crippen molar-refractivity contribution in [3.63, 3.8) is 0 Å². The molecule has 0 bridgehead atoms. The van der Waals surface area contributed by atoms with Gasteiger partial charge < -0.3 is 25.1 Å². The van der Waals surface area contributed by atoms with Crippen LogP contribution < -0.4 is 10.6 Å². The summed E-state index contributed by atoms with van der Waals surface area (Å²) in [6.45, 7) is 0.462. The molecule has 2 unspecified atom stereocenters. The number of carboxylic acid groups (broad SMARTS) is 1. The van der Waals surface area contributed by atoms with E-state index in [4.69, 9.17) is 9.68 Å². The Morgan fingerprint density at radius 1 is 1.02 bits per heavy atom. The summed E-state index contributed by atoms with van der Waals surface area (Å²) in [6.07, 6.45) is 0.106. The number of carbonyl (C=O) groups is 3. The van der Waals surface area contributed by atoms with Crippen LogP contribution in [0.3, 0.4) is 0 Å². The van der Waals surface area contributed by atoms with Crippen LogP contribution in [0.15, 0.2) is 88.7 Å². The number of hydrogen-bond donors (Lipinski definition) is 3. The Bertz CT molecular complexity index is 1860. The number of oxazole rings is 1. The number of likely N-dealkylation sites (tertiary alicyclic amines) is 1. The molecule has 1 aliphatic rings. The highest BCUT2D eigenvalue weighted by molar-refractivity contribution is 7.12. The Labute approximate surface area is 250 Å². The number of nitrogens with zero attached hydrogens (tertiary/aromatic N) is 3. The van der Waals surface area contributed by atoms with E-state index >= 15 is 0 Å². The number of anilines is 3. The van der Waals surface area contributed by atoms with Gasteiger partial charge in [-0.1, -0.05) is 30.3 Å². The number of nitrogens with one attached hydrogen (secondary N) is 2. The molecule has 43 heavy (non-hydrogen) atoms. The quantitative estimate of drug-likeness (QED) is 0.210. The summed E-state index contributed by atoms with van der Waals surface area (Å²) in [7, 11) is 0. The van der Waals surface area contributed by atoms with E-state index in [0.717, 1.165) is 11.1 Å². The lowest BCUT2D eigenvalue weighted by Gasteiger charge is -2.16. The minimum Gasteiger partial charge on any atom is -0.481 e. The van der Waals surface area contributed by atoms with Crippen molar-refractivity contribution < 1.29 is 23.9 Å². The zero-order chi connectivity index (χ0) is 29.9. The Morgan fingerprint density at radius 3 is 2.60 bits per heavy atom. The fourth-order valence-corrected chi connectivity index (χ4v) is 5.93. The zero-order valence-corrected chi connectivity index (χ0v) is 23.5. The average Bonchev–Trinajstić information content (AvgIpc) is 3.77. The van der Waals surface area contributed by atoms with Gasteiger partial charge in [0, 0.05) is 30.4 Å². The molecule has 2 amide bonds. The van der Waals surface area contributed by atoms with E-state index in [-0.39, 0.29) is 36.7 Å². The van der Waals surface area contributed by atoms with Gasteiger partial charge in [-0.2, -0.15) is 10.2 Å². The largest absolute Gasteiger partial charge is 0.481 e. The van der Waals surface area contributed by atoms with E-state index in [9.17, 15) is 19.5 Å². The van der Waals surface area contributed by atoms with Crippen LogP contribution in [0, 0.1) is 17.2 Å². The lowest BCUT2D eigenvalue weighted by molar-refractivity contribution is -0.141. The van der Waals surface area contributed by atoms with Gasteiger partial charge in [-0.05, 0) is 65.0 Å². The molecule has 2 aromatic heterocycles. The molecule has 0 spiro atoms. The van der Waals surface area contributed by atoms with E-state index in [0.29, 0.717) is 39.5 Å². The maximum absolute atomic E-state index is 12.8. The van der Waals surface area contributed by atoms with Crippen LogP contribution in [0.2, 0.25) is 0 Å². The molecule has 3 heterocycles. The topological polar surface area (TPSA) is 149 Å². The van der Waals surface area contributed by atoms with Gasteiger partial charge in [0.15, 0.2) is 5.58 Å². The maximum Gasteiger partial charge on any atom is 0.308 e. The number of aliphatic carboxylic acids is 1. The predicted octanol–water partition coefficient (Wildman–Crippen LogP) is 5.63. The van der Waals surface area contributed by atoms with Crippen molar-refractivity contribution in [3.05, 3.63) is 106 Å². The minimum atomic E-state index is -0.941. The van der Waals surface area contributed by atoms with Gasteiger partial charge in [0.05, 0.1) is 28.8 Å². The van der Waals surface area contributed by atoms with Crippen molar-refractivity contribution in [3.8, 4) is 6.07 Å². The third kappa shape index (κ3) is 6.10. The molecule has 10 nitrogen and oxygen atoms in total. The smallest absolute Gasteiger partial charge is 0.308 e. The number of rotatable bonds is 8. The van der Waals surface area contributed by atoms with Gasteiger partial charge >= 0.3 is 5.97 Å². The lowest BCUT2D eigenvalue weighted by atomic mass is 9.89. The molecule has 3 aromatic carbocycles. The van der Waals surface area contributed by atoms with Crippen molar-refractivity contribution in [2.45, 2.75) is 12.3 Å². The number of thiophene rings is 1. The molecule has 1 aliphatic heterocycles. The third-order valence-electron chi connectivity index (χ3n) is 7.34. The Balaban J connectivity index is 1.09. The maximum atomic E-state index is 12.8. The Hall–Kier alpha value is -5.47.